The highest BCUT2D eigenvalue weighted by Gasteiger charge is 2.49. The molecule has 1 unspecified atom stereocenters. The van der Waals surface area contributed by atoms with Crippen molar-refractivity contribution in [3.05, 3.63) is 82.9 Å². The lowest BCUT2D eigenvalue weighted by Gasteiger charge is -2.28. The Morgan fingerprint density at radius 1 is 1.12 bits per heavy atom. The quantitative estimate of drug-likeness (QED) is 0.273. The molecule has 2 heterocycles. The van der Waals surface area contributed by atoms with Gasteiger partial charge in [-0.05, 0) is 110 Å². The first kappa shape index (κ1) is 27.1. The van der Waals surface area contributed by atoms with Gasteiger partial charge in [0.15, 0.2) is 0 Å². The topological polar surface area (TPSA) is 112 Å². The molecule has 0 aliphatic heterocycles. The Balaban J connectivity index is 1.29. The van der Waals surface area contributed by atoms with E-state index in [1.807, 2.05) is 39.1 Å². The summed E-state index contributed by atoms with van der Waals surface area (Å²) in [6.07, 6.45) is 7.81. The lowest BCUT2D eigenvalue weighted by molar-refractivity contribution is -0.122. The van der Waals surface area contributed by atoms with Crippen LogP contribution >= 0.6 is 11.6 Å². The molecule has 1 saturated carbocycles. The van der Waals surface area contributed by atoms with Crippen LogP contribution in [0.4, 0.5) is 5.69 Å². The number of hydrogen-bond donors (Lipinski definition) is 1. The number of fused-ring (bicyclic) bond motifs is 1. The number of rotatable bonds is 7. The number of hydrogen-bond acceptors (Lipinski definition) is 7. The Hall–Kier alpha value is -4.11. The Labute approximate surface area is 243 Å². The molecule has 1 N–H and O–H groups in total. The fourth-order valence-corrected chi connectivity index (χ4v) is 5.73. The minimum atomic E-state index is -0.716. The summed E-state index contributed by atoms with van der Waals surface area (Å²) in [7, 11) is 0. The van der Waals surface area contributed by atoms with E-state index in [1.165, 1.54) is 0 Å². The van der Waals surface area contributed by atoms with Crippen LogP contribution in [0.5, 0.6) is 0 Å². The zero-order valence-corrected chi connectivity index (χ0v) is 24.0. The average Bonchev–Trinajstić information content (AvgIpc) is 3.43. The van der Waals surface area contributed by atoms with Crippen molar-refractivity contribution < 1.29 is 14.3 Å². The Morgan fingerprint density at radius 2 is 1.90 bits per heavy atom. The van der Waals surface area contributed by atoms with E-state index < -0.39 is 17.0 Å². The molecule has 6 rings (SSSR count). The molecule has 2 aliphatic carbocycles. The number of benzene rings is 2. The maximum Gasteiger partial charge on any atom is 0.338 e. The molecule has 0 bridgehead atoms. The zero-order chi connectivity index (χ0) is 28.8. The average molecular weight is 571 g/mol. The van der Waals surface area contributed by atoms with Gasteiger partial charge in [-0.15, -0.1) is 5.10 Å². The van der Waals surface area contributed by atoms with Crippen LogP contribution in [-0.2, 0) is 21.4 Å². The number of amides is 1. The predicted octanol–water partition coefficient (Wildman–Crippen LogP) is 5.96. The number of carbonyl (C=O) groups is 2. The third-order valence-corrected chi connectivity index (χ3v) is 7.89. The molecule has 10 heteroatoms. The summed E-state index contributed by atoms with van der Waals surface area (Å²) in [5.41, 5.74) is 4.20. The number of carbonyl (C=O) groups excluding carboxylic acids is 2. The summed E-state index contributed by atoms with van der Waals surface area (Å²) < 4.78 is 7.05. The minimum absolute atomic E-state index is 0.0643. The first-order valence-corrected chi connectivity index (χ1v) is 14.2. The van der Waals surface area contributed by atoms with Gasteiger partial charge in [-0.1, -0.05) is 24.4 Å². The van der Waals surface area contributed by atoms with Crippen molar-refractivity contribution in [2.24, 2.45) is 5.92 Å². The molecule has 0 saturated heterocycles. The van der Waals surface area contributed by atoms with E-state index in [-0.39, 0.29) is 5.91 Å². The number of pyridine rings is 1. The second-order valence-electron chi connectivity index (χ2n) is 11.9. The second-order valence-corrected chi connectivity index (χ2v) is 12.3. The molecule has 0 spiro atoms. The molecule has 1 fully saturated rings. The molecule has 1 amide bonds. The highest BCUT2D eigenvalue weighted by molar-refractivity contribution is 6.31. The van der Waals surface area contributed by atoms with Gasteiger partial charge < -0.3 is 10.1 Å². The molecule has 0 radical (unpaired) electrons. The van der Waals surface area contributed by atoms with Gasteiger partial charge in [-0.2, -0.15) is 4.68 Å². The largest absolute Gasteiger partial charge is 0.456 e. The molecule has 41 heavy (non-hydrogen) atoms. The van der Waals surface area contributed by atoms with Crippen LogP contribution in [0, 0.1) is 5.92 Å². The van der Waals surface area contributed by atoms with E-state index in [0.29, 0.717) is 28.6 Å². The van der Waals surface area contributed by atoms with Crippen LogP contribution in [0.25, 0.3) is 16.8 Å². The smallest absolute Gasteiger partial charge is 0.338 e. The van der Waals surface area contributed by atoms with Gasteiger partial charge in [-0.25, -0.2) is 4.79 Å². The number of halogens is 1. The number of tetrazole rings is 1. The summed E-state index contributed by atoms with van der Waals surface area (Å²) >= 11 is 6.37. The SMILES string of the molecule is CC(C)(C)OC(=O)c1ccc(NC(=O)C2(CC3CC3)CCc3cc(-c4cc(Cl)ccc4-n4cnnn4)cnc32)cc1. The monoisotopic (exact) mass is 570 g/mol. The van der Waals surface area contributed by atoms with E-state index in [2.05, 4.69) is 26.9 Å². The second kappa shape index (κ2) is 10.4. The lowest BCUT2D eigenvalue weighted by atomic mass is 9.78. The Bertz CT molecular complexity index is 1610. The van der Waals surface area contributed by atoms with E-state index in [1.54, 1.807) is 41.3 Å². The molecule has 210 valence electrons. The third kappa shape index (κ3) is 5.59. The number of aromatic nitrogens is 5. The molecule has 1 atom stereocenters. The van der Waals surface area contributed by atoms with Crippen LogP contribution < -0.4 is 5.32 Å². The number of anilines is 1. The Kier molecular flexibility index (Phi) is 6.85. The van der Waals surface area contributed by atoms with E-state index in [4.69, 9.17) is 21.3 Å². The molecule has 2 aromatic carbocycles. The van der Waals surface area contributed by atoms with Gasteiger partial charge in [0.25, 0.3) is 0 Å². The summed E-state index contributed by atoms with van der Waals surface area (Å²) in [4.78, 5) is 31.3. The maximum atomic E-state index is 14.0. The van der Waals surface area contributed by atoms with Gasteiger partial charge in [-0.3, -0.25) is 9.78 Å². The molecule has 4 aromatic rings. The van der Waals surface area contributed by atoms with Crippen LogP contribution in [0.2, 0.25) is 5.02 Å². The molecular weight excluding hydrogens is 540 g/mol. The van der Waals surface area contributed by atoms with E-state index >= 15 is 0 Å². The summed E-state index contributed by atoms with van der Waals surface area (Å²) in [5.74, 6) is 0.0564. The standard InChI is InChI=1S/C31H31ClN6O3/c1-30(2,3)41-28(39)20-6-9-24(10-7-20)35-29(40)31(16-19-4-5-19)13-12-21-14-22(17-33-27(21)31)25-15-23(32)8-11-26(25)38-18-34-36-37-38/h6-11,14-15,17-19H,4-5,12-13,16H2,1-3H3,(H,35,40). The number of aryl methyl sites for hydroxylation is 1. The van der Waals surface area contributed by atoms with Crippen LogP contribution in [0.15, 0.2) is 61.1 Å². The number of nitrogens with zero attached hydrogens (tertiary/aromatic N) is 5. The van der Waals surface area contributed by atoms with Gasteiger partial charge in [0.2, 0.25) is 5.91 Å². The molecule has 9 nitrogen and oxygen atoms in total. The van der Waals surface area contributed by atoms with Crippen LogP contribution in [0.1, 0.15) is 68.1 Å². The summed E-state index contributed by atoms with van der Waals surface area (Å²) in [6.45, 7) is 5.49. The normalized spacial score (nSPS) is 18.1. The van der Waals surface area contributed by atoms with E-state index in [0.717, 1.165) is 53.8 Å². The van der Waals surface area contributed by atoms with Crippen molar-refractivity contribution in [3.63, 3.8) is 0 Å². The number of esters is 1. The minimum Gasteiger partial charge on any atom is -0.456 e. The van der Waals surface area contributed by atoms with Gasteiger partial charge in [0.1, 0.15) is 11.9 Å². The number of nitrogens with one attached hydrogen (secondary N) is 1. The van der Waals surface area contributed by atoms with Crippen LogP contribution in [0.3, 0.4) is 0 Å². The highest BCUT2D eigenvalue weighted by atomic mass is 35.5. The van der Waals surface area contributed by atoms with Crippen molar-refractivity contribution in [1.29, 1.82) is 0 Å². The fraction of sp³-hybridized carbons (Fsp3) is 0.355. The summed E-state index contributed by atoms with van der Waals surface area (Å²) in [6, 6.07) is 14.5. The highest BCUT2D eigenvalue weighted by Crippen LogP contribution is 2.49. The lowest BCUT2D eigenvalue weighted by Crippen LogP contribution is -2.39. The van der Waals surface area contributed by atoms with Crippen molar-refractivity contribution in [2.75, 3.05) is 5.32 Å². The first-order valence-electron chi connectivity index (χ1n) is 13.8. The predicted molar refractivity (Wildman–Crippen MR) is 155 cm³/mol. The van der Waals surface area contributed by atoms with Crippen molar-refractivity contribution >= 4 is 29.2 Å². The van der Waals surface area contributed by atoms with Crippen LogP contribution in [-0.4, -0.2) is 42.7 Å². The maximum absolute atomic E-state index is 14.0. The van der Waals surface area contributed by atoms with Gasteiger partial charge in [0, 0.05) is 28.0 Å². The third-order valence-electron chi connectivity index (χ3n) is 7.65. The molecular formula is C31H31ClN6O3. The molecule has 2 aromatic heterocycles. The fourth-order valence-electron chi connectivity index (χ4n) is 5.56. The number of ether oxygens (including phenoxy) is 1. The Morgan fingerprint density at radius 3 is 2.59 bits per heavy atom. The molecule has 2 aliphatic rings. The van der Waals surface area contributed by atoms with Gasteiger partial charge >= 0.3 is 5.97 Å². The van der Waals surface area contributed by atoms with Crippen molar-refractivity contribution in [2.45, 2.75) is 63.9 Å². The first-order chi connectivity index (χ1) is 19.6. The van der Waals surface area contributed by atoms with Crippen molar-refractivity contribution in [1.82, 2.24) is 25.2 Å². The van der Waals surface area contributed by atoms with Gasteiger partial charge in [0.05, 0.1) is 22.4 Å². The summed E-state index contributed by atoms with van der Waals surface area (Å²) in [5, 5.41) is 15.3. The van der Waals surface area contributed by atoms with E-state index in [9.17, 15) is 9.59 Å². The van der Waals surface area contributed by atoms with Crippen molar-refractivity contribution in [3.8, 4) is 16.8 Å². The zero-order valence-electron chi connectivity index (χ0n) is 23.2.